The van der Waals surface area contributed by atoms with Crippen LogP contribution in [0.5, 0.6) is 0 Å². The number of aryl methyl sites for hydroxylation is 1. The van der Waals surface area contributed by atoms with Crippen molar-refractivity contribution >= 4 is 17.2 Å². The Morgan fingerprint density at radius 2 is 1.84 bits per heavy atom. The Labute approximate surface area is 189 Å². The van der Waals surface area contributed by atoms with Crippen molar-refractivity contribution in [3.05, 3.63) is 89.3 Å². The minimum Gasteiger partial charge on any atom is -0.341 e. The summed E-state index contributed by atoms with van der Waals surface area (Å²) in [5.41, 5.74) is 11.8. The zero-order chi connectivity index (χ0) is 21.8. The lowest BCUT2D eigenvalue weighted by Gasteiger charge is -2.34. The Morgan fingerprint density at radius 3 is 2.69 bits per heavy atom. The molecule has 1 aromatic heterocycles. The number of aliphatic imine (C=N–C) groups is 1. The highest BCUT2D eigenvalue weighted by Crippen LogP contribution is 2.29. The maximum absolute atomic E-state index is 5.67. The van der Waals surface area contributed by atoms with E-state index in [4.69, 9.17) is 10.7 Å². The van der Waals surface area contributed by atoms with Gasteiger partial charge in [0.15, 0.2) is 0 Å². The van der Waals surface area contributed by atoms with E-state index in [1.807, 2.05) is 18.4 Å². The van der Waals surface area contributed by atoms with Crippen molar-refractivity contribution in [1.29, 1.82) is 0 Å². The number of nitrogens with one attached hydrogen (secondary N) is 1. The highest BCUT2D eigenvalue weighted by atomic mass is 15.2. The van der Waals surface area contributed by atoms with Crippen LogP contribution in [-0.2, 0) is 19.5 Å². The summed E-state index contributed by atoms with van der Waals surface area (Å²) in [4.78, 5) is 15.6. The monoisotopic (exact) mass is 425 g/mol. The number of allylic oxidation sites excluding steroid dienone is 1. The number of aromatic amines is 1. The molecule has 0 radical (unpaired) electrons. The normalized spacial score (nSPS) is 20.0. The maximum atomic E-state index is 5.67. The number of fused-ring (bicyclic) bond motifs is 2. The standard InChI is InChI=1S/C27H31N5/c28-15-3-5-20-9-11-21(12-10-20)18-32(19-27-30-25-7-1-2-8-26(25)31-27)23-13-14-24-22(17-23)6-4-16-29-24/h1-2,4,6-12,16-17,23-24H,3,5,13-15,18-19,28H2,(H,30,31). The van der Waals surface area contributed by atoms with E-state index in [0.29, 0.717) is 12.1 Å². The summed E-state index contributed by atoms with van der Waals surface area (Å²) in [5.74, 6) is 1.02. The predicted octanol–water partition coefficient (Wildman–Crippen LogP) is 4.55. The van der Waals surface area contributed by atoms with Gasteiger partial charge in [-0.15, -0.1) is 0 Å². The van der Waals surface area contributed by atoms with E-state index < -0.39 is 0 Å². The molecule has 0 bridgehead atoms. The third-order valence-corrected chi connectivity index (χ3v) is 6.48. The van der Waals surface area contributed by atoms with E-state index in [-0.39, 0.29) is 0 Å². The van der Waals surface area contributed by atoms with Crippen LogP contribution in [0.2, 0.25) is 0 Å². The summed E-state index contributed by atoms with van der Waals surface area (Å²) in [5, 5.41) is 0. The molecule has 0 spiro atoms. The topological polar surface area (TPSA) is 70.3 Å². The average molecular weight is 426 g/mol. The number of H-pyrrole nitrogens is 1. The molecule has 5 heteroatoms. The largest absolute Gasteiger partial charge is 0.341 e. The van der Waals surface area contributed by atoms with Crippen LogP contribution in [0.3, 0.4) is 0 Å². The van der Waals surface area contributed by atoms with E-state index in [0.717, 1.165) is 62.2 Å². The quantitative estimate of drug-likeness (QED) is 0.556. The van der Waals surface area contributed by atoms with E-state index in [9.17, 15) is 0 Å². The van der Waals surface area contributed by atoms with Crippen LogP contribution in [0, 0.1) is 0 Å². The van der Waals surface area contributed by atoms with Crippen LogP contribution >= 0.6 is 0 Å². The first-order valence-corrected chi connectivity index (χ1v) is 11.7. The Kier molecular flexibility index (Phi) is 6.28. The zero-order valence-corrected chi connectivity index (χ0v) is 18.5. The Bertz CT molecular complexity index is 1110. The van der Waals surface area contributed by atoms with Crippen molar-refractivity contribution in [1.82, 2.24) is 14.9 Å². The molecule has 0 saturated carbocycles. The van der Waals surface area contributed by atoms with Crippen molar-refractivity contribution in [2.75, 3.05) is 6.54 Å². The zero-order valence-electron chi connectivity index (χ0n) is 18.5. The molecular formula is C27H31N5. The maximum Gasteiger partial charge on any atom is 0.121 e. The highest BCUT2D eigenvalue weighted by molar-refractivity contribution is 5.75. The van der Waals surface area contributed by atoms with Gasteiger partial charge in [0.05, 0.1) is 23.6 Å². The minimum atomic E-state index is 0.325. The Balaban J connectivity index is 1.39. The molecule has 0 fully saturated rings. The van der Waals surface area contributed by atoms with Gasteiger partial charge in [-0.2, -0.15) is 0 Å². The first-order valence-electron chi connectivity index (χ1n) is 11.7. The molecule has 3 aromatic rings. The van der Waals surface area contributed by atoms with Crippen LogP contribution in [0.15, 0.2) is 77.3 Å². The van der Waals surface area contributed by atoms with E-state index in [2.05, 4.69) is 69.5 Å². The van der Waals surface area contributed by atoms with Crippen molar-refractivity contribution in [2.45, 2.75) is 50.9 Å². The molecule has 2 heterocycles. The molecule has 5 rings (SSSR count). The average Bonchev–Trinajstić information content (AvgIpc) is 3.25. The summed E-state index contributed by atoms with van der Waals surface area (Å²) in [6, 6.07) is 18.0. The number of nitrogens with zero attached hydrogens (tertiary/aromatic N) is 3. The second-order valence-electron chi connectivity index (χ2n) is 8.80. The number of dihydropyridines is 1. The van der Waals surface area contributed by atoms with Crippen molar-refractivity contribution in [2.24, 2.45) is 10.7 Å². The molecule has 2 unspecified atom stereocenters. The van der Waals surface area contributed by atoms with Gasteiger partial charge in [0.1, 0.15) is 5.82 Å². The molecule has 1 aliphatic heterocycles. The Morgan fingerprint density at radius 1 is 1.00 bits per heavy atom. The van der Waals surface area contributed by atoms with E-state index in [1.165, 1.54) is 16.7 Å². The summed E-state index contributed by atoms with van der Waals surface area (Å²) in [6.07, 6.45) is 12.9. The number of hydrogen-bond donors (Lipinski definition) is 2. The summed E-state index contributed by atoms with van der Waals surface area (Å²) in [6.45, 7) is 2.42. The molecule has 32 heavy (non-hydrogen) atoms. The van der Waals surface area contributed by atoms with Crippen LogP contribution in [0.25, 0.3) is 11.0 Å². The van der Waals surface area contributed by atoms with Gasteiger partial charge in [0.2, 0.25) is 0 Å². The molecule has 2 atom stereocenters. The van der Waals surface area contributed by atoms with E-state index in [1.54, 1.807) is 0 Å². The molecule has 1 aliphatic carbocycles. The van der Waals surface area contributed by atoms with Gasteiger partial charge in [-0.25, -0.2) is 4.98 Å². The molecule has 2 aliphatic rings. The molecular weight excluding hydrogens is 394 g/mol. The molecule has 3 N–H and O–H groups in total. The third-order valence-electron chi connectivity index (χ3n) is 6.48. The van der Waals surface area contributed by atoms with Crippen LogP contribution < -0.4 is 5.73 Å². The summed E-state index contributed by atoms with van der Waals surface area (Å²) in [7, 11) is 0. The fourth-order valence-corrected chi connectivity index (χ4v) is 4.75. The van der Waals surface area contributed by atoms with Gasteiger partial charge in [0, 0.05) is 18.8 Å². The second kappa shape index (κ2) is 9.63. The minimum absolute atomic E-state index is 0.325. The van der Waals surface area contributed by atoms with Crippen molar-refractivity contribution < 1.29 is 0 Å². The third kappa shape index (κ3) is 4.74. The lowest BCUT2D eigenvalue weighted by Crippen LogP contribution is -2.37. The van der Waals surface area contributed by atoms with Gasteiger partial charge < -0.3 is 10.7 Å². The molecule has 5 nitrogen and oxygen atoms in total. The first-order chi connectivity index (χ1) is 15.8. The van der Waals surface area contributed by atoms with Crippen LogP contribution in [0.4, 0.5) is 0 Å². The number of hydrogen-bond acceptors (Lipinski definition) is 4. The number of benzene rings is 2. The molecule has 0 saturated heterocycles. The lowest BCUT2D eigenvalue weighted by atomic mass is 9.89. The summed E-state index contributed by atoms with van der Waals surface area (Å²) >= 11 is 0. The summed E-state index contributed by atoms with van der Waals surface area (Å²) < 4.78 is 0. The SMILES string of the molecule is NCCCc1ccc(CN(Cc2nc3ccccc3[nH]2)C2C=C3C=CC=NC3CC2)cc1. The molecule has 2 aromatic carbocycles. The van der Waals surface area contributed by atoms with Gasteiger partial charge in [-0.3, -0.25) is 9.89 Å². The van der Waals surface area contributed by atoms with Gasteiger partial charge in [-0.05, 0) is 67.1 Å². The predicted molar refractivity (Wildman–Crippen MR) is 132 cm³/mol. The van der Waals surface area contributed by atoms with Crippen molar-refractivity contribution in [3.8, 4) is 0 Å². The smallest absolute Gasteiger partial charge is 0.121 e. The second-order valence-corrected chi connectivity index (χ2v) is 8.80. The Hall–Kier alpha value is -3.02. The van der Waals surface area contributed by atoms with Crippen molar-refractivity contribution in [3.63, 3.8) is 0 Å². The fraction of sp³-hybridized carbons (Fsp3) is 0.333. The van der Waals surface area contributed by atoms with Gasteiger partial charge in [0.25, 0.3) is 0 Å². The number of nitrogens with two attached hydrogens (primary N) is 1. The van der Waals surface area contributed by atoms with Gasteiger partial charge >= 0.3 is 0 Å². The lowest BCUT2D eigenvalue weighted by molar-refractivity contribution is 0.188. The molecule has 0 amide bonds. The number of imidazole rings is 1. The van der Waals surface area contributed by atoms with Crippen LogP contribution in [0.1, 0.15) is 36.2 Å². The number of aromatic nitrogens is 2. The highest BCUT2D eigenvalue weighted by Gasteiger charge is 2.26. The molecule has 164 valence electrons. The number of para-hydroxylation sites is 2. The van der Waals surface area contributed by atoms with Crippen LogP contribution in [-0.4, -0.2) is 39.7 Å². The van der Waals surface area contributed by atoms with E-state index >= 15 is 0 Å². The van der Waals surface area contributed by atoms with Gasteiger partial charge in [-0.1, -0.05) is 48.6 Å². The fourth-order valence-electron chi connectivity index (χ4n) is 4.75. The number of rotatable bonds is 8. The first kappa shape index (κ1) is 20.9.